The number of carbonyl (C=O) groups is 1. The van der Waals surface area contributed by atoms with Crippen LogP contribution in [-0.2, 0) is 4.79 Å². The Balaban J connectivity index is 3.55. The summed E-state index contributed by atoms with van der Waals surface area (Å²) in [5.74, 6) is -58.2. The number of halogens is 17. The van der Waals surface area contributed by atoms with Crippen LogP contribution in [-0.4, -0.2) is 66.1 Å². The third-order valence-corrected chi connectivity index (χ3v) is 4.55. The normalized spacial score (nSPS) is 21.8. The second kappa shape index (κ2) is 7.34. The van der Waals surface area contributed by atoms with Crippen LogP contribution in [0.15, 0.2) is 12.2 Å². The Bertz CT molecular complexity index is 811. The molecule has 0 saturated carbocycles. The molecule has 1 rings (SSSR count). The molecule has 1 fully saturated rings. The van der Waals surface area contributed by atoms with E-state index in [0.29, 0.717) is 0 Å². The molecule has 0 aromatic heterocycles. The summed E-state index contributed by atoms with van der Waals surface area (Å²) in [6, 6.07) is -3.32. The fourth-order valence-electron chi connectivity index (χ4n) is 2.43. The number of hydrogen-bond acceptors (Lipinski definition) is 1. The second-order valence-electron chi connectivity index (χ2n) is 6.96. The van der Waals surface area contributed by atoms with Crippen molar-refractivity contribution in [3.63, 3.8) is 0 Å². The third kappa shape index (κ3) is 3.64. The smallest absolute Gasteiger partial charge is 0.250 e. The Labute approximate surface area is 171 Å². The maximum Gasteiger partial charge on any atom is 0.460 e. The van der Waals surface area contributed by atoms with Gasteiger partial charge in [-0.05, 0) is 6.92 Å². The zero-order valence-corrected chi connectivity index (χ0v) is 15.3. The molecule has 2 atom stereocenters. The largest absolute Gasteiger partial charge is 0.460 e. The van der Waals surface area contributed by atoms with Gasteiger partial charge >= 0.3 is 53.5 Å². The van der Waals surface area contributed by atoms with E-state index in [1.807, 2.05) is 0 Å². The molecule has 0 aromatic carbocycles. The number of carbonyl (C=O) groups excluding carboxylic acids is 1. The van der Waals surface area contributed by atoms with Gasteiger partial charge in [-0.25, -0.2) is 4.79 Å². The van der Waals surface area contributed by atoms with Gasteiger partial charge in [0.15, 0.2) is 0 Å². The molecular formula is C14H9F17NO+. The van der Waals surface area contributed by atoms with Crippen molar-refractivity contribution in [2.75, 3.05) is 6.54 Å². The van der Waals surface area contributed by atoms with Crippen molar-refractivity contribution in [3.8, 4) is 0 Å². The number of amides is 1. The summed E-state index contributed by atoms with van der Waals surface area (Å²) in [5, 5.41) is 0. The Morgan fingerprint density at radius 3 is 1.24 bits per heavy atom. The fraction of sp³-hybridized carbons (Fsp3) is 0.786. The van der Waals surface area contributed by atoms with Gasteiger partial charge in [-0.2, -0.15) is 74.6 Å². The molecule has 0 radical (unpaired) electrons. The number of quaternary nitrogens is 1. The lowest BCUT2D eigenvalue weighted by Gasteiger charge is -2.42. The number of hydrogen-bond donors (Lipinski definition) is 1. The minimum Gasteiger partial charge on any atom is -0.250 e. The predicted octanol–water partition coefficient (Wildman–Crippen LogP) is 4.37. The second-order valence-corrected chi connectivity index (χ2v) is 6.96. The average Bonchev–Trinajstić information content (AvgIpc) is 3.40. The van der Waals surface area contributed by atoms with E-state index in [-0.39, 0.29) is 0 Å². The maximum atomic E-state index is 13.9. The van der Waals surface area contributed by atoms with Crippen LogP contribution in [0.5, 0.6) is 0 Å². The minimum absolute atomic E-state index is 0.649. The number of rotatable bonds is 8. The topological polar surface area (TPSA) is 21.5 Å². The Kier molecular flexibility index (Phi) is 6.50. The first-order chi connectivity index (χ1) is 14.1. The molecule has 194 valence electrons. The SMILES string of the molecule is C=C(C)C(=O)[NH+]1CC1C(F)(F)C(F)(F)C(F)(F)C(F)(F)C(F)(F)C(F)(F)C(F)(F)C(F)(F)F. The highest BCUT2D eigenvalue weighted by molar-refractivity contribution is 5.85. The third-order valence-electron chi connectivity index (χ3n) is 4.55. The zero-order valence-electron chi connectivity index (χ0n) is 15.3. The molecule has 2 nitrogen and oxygen atoms in total. The molecule has 1 amide bonds. The van der Waals surface area contributed by atoms with E-state index < -0.39 is 76.6 Å². The van der Waals surface area contributed by atoms with E-state index >= 15 is 0 Å². The van der Waals surface area contributed by atoms with Crippen molar-refractivity contribution in [2.24, 2.45) is 0 Å². The van der Waals surface area contributed by atoms with Gasteiger partial charge in [0.05, 0.1) is 0 Å². The van der Waals surface area contributed by atoms with Gasteiger partial charge < -0.3 is 0 Å². The van der Waals surface area contributed by atoms with Crippen LogP contribution < -0.4 is 4.90 Å². The van der Waals surface area contributed by atoms with Crippen LogP contribution in [0.4, 0.5) is 74.6 Å². The Morgan fingerprint density at radius 1 is 0.636 bits per heavy atom. The lowest BCUT2D eigenvalue weighted by Crippen LogP contribution is -3.00. The van der Waals surface area contributed by atoms with Crippen molar-refractivity contribution in [2.45, 2.75) is 60.6 Å². The molecule has 1 heterocycles. The van der Waals surface area contributed by atoms with Gasteiger partial charge in [0.25, 0.3) is 0 Å². The molecule has 19 heteroatoms. The first-order valence-corrected chi connectivity index (χ1v) is 7.86. The predicted molar refractivity (Wildman–Crippen MR) is 70.1 cm³/mol. The van der Waals surface area contributed by atoms with Crippen molar-refractivity contribution in [1.82, 2.24) is 0 Å². The van der Waals surface area contributed by atoms with E-state index in [0.717, 1.165) is 6.92 Å². The van der Waals surface area contributed by atoms with Crippen LogP contribution in [0.3, 0.4) is 0 Å². The van der Waals surface area contributed by atoms with Gasteiger partial charge in [-0.1, -0.05) is 6.58 Å². The van der Waals surface area contributed by atoms with Crippen molar-refractivity contribution < 1.29 is 84.3 Å². The first-order valence-electron chi connectivity index (χ1n) is 7.86. The summed E-state index contributed by atoms with van der Waals surface area (Å²) < 4.78 is 224. The standard InChI is InChI=1S/C14H8F17NO/c1-4(2)6(33)32-3-5(32)7(15,16)8(17,18)9(19,20)10(21,22)11(23,24)12(25,26)13(27,28)14(29,30)31/h5H,1,3H2,2H3/p+1. The van der Waals surface area contributed by atoms with Crippen LogP contribution >= 0.6 is 0 Å². The van der Waals surface area contributed by atoms with E-state index in [2.05, 4.69) is 6.58 Å². The molecule has 1 aliphatic heterocycles. The van der Waals surface area contributed by atoms with Crippen molar-refractivity contribution >= 4 is 5.91 Å². The summed E-state index contributed by atoms with van der Waals surface area (Å²) in [6.07, 6.45) is -7.79. The molecule has 0 bridgehead atoms. The van der Waals surface area contributed by atoms with Gasteiger partial charge in [-0.3, -0.25) is 4.90 Å². The summed E-state index contributed by atoms with van der Waals surface area (Å²) in [6.45, 7) is 2.18. The molecule has 1 N–H and O–H groups in total. The van der Waals surface area contributed by atoms with Crippen LogP contribution in [0, 0.1) is 0 Å². The molecular weight excluding hydrogens is 521 g/mol. The van der Waals surface area contributed by atoms with Gasteiger partial charge in [0, 0.05) is 5.57 Å². The summed E-state index contributed by atoms with van der Waals surface area (Å²) >= 11 is 0. The molecule has 33 heavy (non-hydrogen) atoms. The van der Waals surface area contributed by atoms with Crippen LogP contribution in [0.1, 0.15) is 6.92 Å². The van der Waals surface area contributed by atoms with Gasteiger partial charge in [-0.15, -0.1) is 0 Å². The molecule has 0 aromatic rings. The zero-order chi connectivity index (χ0) is 27.0. The Hall–Kier alpha value is -1.82. The monoisotopic (exact) mass is 530 g/mol. The van der Waals surface area contributed by atoms with Gasteiger partial charge in [0.1, 0.15) is 6.54 Å². The first kappa shape index (κ1) is 29.2. The highest BCUT2D eigenvalue weighted by Gasteiger charge is 2.96. The van der Waals surface area contributed by atoms with E-state index in [1.165, 1.54) is 0 Å². The molecule has 1 aliphatic rings. The maximum absolute atomic E-state index is 13.9. The van der Waals surface area contributed by atoms with E-state index in [4.69, 9.17) is 0 Å². The van der Waals surface area contributed by atoms with E-state index in [9.17, 15) is 79.4 Å². The van der Waals surface area contributed by atoms with Crippen LogP contribution in [0.2, 0.25) is 0 Å². The number of alkyl halides is 17. The lowest BCUT2D eigenvalue weighted by molar-refractivity contribution is -0.697. The fourth-order valence-corrected chi connectivity index (χ4v) is 2.43. The summed E-state index contributed by atoms with van der Waals surface area (Å²) in [7, 11) is 0. The van der Waals surface area contributed by atoms with Crippen LogP contribution in [0.25, 0.3) is 0 Å². The highest BCUT2D eigenvalue weighted by Crippen LogP contribution is 2.64. The van der Waals surface area contributed by atoms with E-state index in [1.54, 1.807) is 0 Å². The lowest BCUT2D eigenvalue weighted by atomic mass is 9.88. The highest BCUT2D eigenvalue weighted by atomic mass is 19.4. The molecule has 0 aliphatic carbocycles. The summed E-state index contributed by atoms with van der Waals surface area (Å²) in [4.78, 5) is 10.0. The average molecular weight is 530 g/mol. The Morgan fingerprint density at radius 2 is 0.939 bits per heavy atom. The quantitative estimate of drug-likeness (QED) is 0.281. The molecule has 0 spiro atoms. The van der Waals surface area contributed by atoms with Crippen molar-refractivity contribution in [1.29, 1.82) is 0 Å². The van der Waals surface area contributed by atoms with Crippen molar-refractivity contribution in [3.05, 3.63) is 12.2 Å². The summed E-state index contributed by atoms with van der Waals surface area (Å²) in [5.41, 5.74) is -0.649. The molecule has 1 saturated heterocycles. The minimum atomic E-state index is -8.66. The van der Waals surface area contributed by atoms with Gasteiger partial charge in [0.2, 0.25) is 6.04 Å². The number of nitrogens with one attached hydrogen (secondary N) is 1. The molecule has 2 unspecified atom stereocenters.